The van der Waals surface area contributed by atoms with Gasteiger partial charge < -0.3 is 15.1 Å². The number of anilines is 1. The minimum atomic E-state index is -0.621. The highest BCUT2D eigenvalue weighted by molar-refractivity contribution is 5.79. The third kappa shape index (κ3) is 3.98. The summed E-state index contributed by atoms with van der Waals surface area (Å²) in [4.78, 5) is 21.3. The number of likely N-dealkylation sites (tertiary alicyclic amines) is 1. The monoisotopic (exact) mass is 411 g/mol. The maximum absolute atomic E-state index is 13.9. The normalized spacial score (nSPS) is 21.4. The lowest BCUT2D eigenvalue weighted by molar-refractivity contribution is -0.131. The lowest BCUT2D eigenvalue weighted by Gasteiger charge is -2.42. The second-order valence-corrected chi connectivity index (χ2v) is 7.88. The number of fused-ring (bicyclic) bond motifs is 2. The molecule has 2 aromatic rings. The summed E-state index contributed by atoms with van der Waals surface area (Å²) in [6, 6.07) is 9.15. The van der Waals surface area contributed by atoms with Crippen LogP contribution in [0.5, 0.6) is 0 Å². The molecule has 2 bridgehead atoms. The van der Waals surface area contributed by atoms with Gasteiger partial charge >= 0.3 is 0 Å². The number of hydrogen-bond donors (Lipinski definition) is 1. The molecule has 2 unspecified atom stereocenters. The van der Waals surface area contributed by atoms with Crippen LogP contribution in [0.2, 0.25) is 0 Å². The summed E-state index contributed by atoms with van der Waals surface area (Å²) >= 11 is 0. The van der Waals surface area contributed by atoms with E-state index in [1.54, 1.807) is 19.2 Å². The zero-order valence-corrected chi connectivity index (χ0v) is 16.7. The van der Waals surface area contributed by atoms with Crippen LogP contribution in [0.25, 0.3) is 0 Å². The van der Waals surface area contributed by atoms with Crippen LogP contribution in [0.15, 0.2) is 36.5 Å². The number of amides is 1. The van der Waals surface area contributed by atoms with Crippen molar-refractivity contribution >= 4 is 11.7 Å². The van der Waals surface area contributed by atoms with Gasteiger partial charge in [-0.15, -0.1) is 0 Å². The van der Waals surface area contributed by atoms with Gasteiger partial charge in [-0.05, 0) is 38.0 Å². The van der Waals surface area contributed by atoms with Crippen LogP contribution in [0.4, 0.5) is 14.6 Å². The molecule has 0 aliphatic carbocycles. The van der Waals surface area contributed by atoms with Crippen molar-refractivity contribution in [2.75, 3.05) is 24.5 Å². The molecule has 0 saturated carbocycles. The number of hydrogen-bond acceptors (Lipinski definition) is 5. The molecule has 4 rings (SSSR count). The molecule has 2 saturated heterocycles. The first-order valence-corrected chi connectivity index (χ1v) is 10.1. The molecule has 2 aliphatic heterocycles. The molecular formula is C22H23F2N5O. The molecule has 1 N–H and O–H groups in total. The third-order valence-electron chi connectivity index (χ3n) is 5.96. The first kappa shape index (κ1) is 20.2. The number of halogens is 2. The minimum absolute atomic E-state index is 0.0336. The number of benzene rings is 1. The number of rotatable bonds is 5. The molecular weight excluding hydrogens is 388 g/mol. The number of nitrogens with one attached hydrogen (secondary N) is 1. The van der Waals surface area contributed by atoms with E-state index in [9.17, 15) is 13.6 Å². The van der Waals surface area contributed by atoms with Crippen LogP contribution in [-0.4, -0.2) is 47.5 Å². The number of aromatic nitrogens is 1. The van der Waals surface area contributed by atoms with E-state index in [2.05, 4.69) is 21.3 Å². The number of carbonyl (C=O) groups is 1. The standard InChI is InChI=1S/C22H23F2N5O/c1-14(19-6-3-16(23)8-20(19)24)26-11-22(30)28-12-17-4-5-18(13-28)29(17)21-7-2-15(9-25)10-27-21/h2-3,6-8,10,14,17-18,26H,4-5,11-13H2,1H3/t14-,17?,18?/m0/s1. The molecule has 8 heteroatoms. The molecule has 1 amide bonds. The first-order chi connectivity index (χ1) is 14.5. The highest BCUT2D eigenvalue weighted by Crippen LogP contribution is 2.34. The Morgan fingerprint density at radius 2 is 2.00 bits per heavy atom. The van der Waals surface area contributed by atoms with Gasteiger partial charge in [0.25, 0.3) is 0 Å². The number of piperazine rings is 1. The minimum Gasteiger partial charge on any atom is -0.347 e. The predicted molar refractivity (Wildman–Crippen MR) is 108 cm³/mol. The fourth-order valence-corrected chi connectivity index (χ4v) is 4.40. The van der Waals surface area contributed by atoms with E-state index >= 15 is 0 Å². The van der Waals surface area contributed by atoms with E-state index in [0.29, 0.717) is 24.2 Å². The van der Waals surface area contributed by atoms with Gasteiger partial charge in [0.05, 0.1) is 12.1 Å². The van der Waals surface area contributed by atoms with Crippen molar-refractivity contribution in [3.63, 3.8) is 0 Å². The van der Waals surface area contributed by atoms with Crippen LogP contribution >= 0.6 is 0 Å². The molecule has 2 fully saturated rings. The fourth-order valence-electron chi connectivity index (χ4n) is 4.40. The van der Waals surface area contributed by atoms with Gasteiger partial charge in [-0.2, -0.15) is 5.26 Å². The van der Waals surface area contributed by atoms with Crippen molar-refractivity contribution in [1.82, 2.24) is 15.2 Å². The summed E-state index contributed by atoms with van der Waals surface area (Å²) in [5.74, 6) is -0.436. The second kappa shape index (κ2) is 8.36. The third-order valence-corrected chi connectivity index (χ3v) is 5.96. The van der Waals surface area contributed by atoms with E-state index in [1.165, 1.54) is 12.1 Å². The number of pyridine rings is 1. The Kier molecular flexibility index (Phi) is 5.64. The molecule has 6 nitrogen and oxygen atoms in total. The Balaban J connectivity index is 1.36. The van der Waals surface area contributed by atoms with Crippen LogP contribution < -0.4 is 10.2 Å². The summed E-state index contributed by atoms with van der Waals surface area (Å²) in [6.07, 6.45) is 3.55. The van der Waals surface area contributed by atoms with E-state index < -0.39 is 17.7 Å². The SMILES string of the molecule is C[C@H](NCC(=O)N1CC2CCC(C1)N2c1ccc(C#N)cn1)c1ccc(F)cc1F. The Hall–Kier alpha value is -3.05. The molecule has 3 heterocycles. The van der Waals surface area contributed by atoms with Crippen molar-refractivity contribution in [2.45, 2.75) is 37.9 Å². The molecule has 0 radical (unpaired) electrons. The van der Waals surface area contributed by atoms with Crippen molar-refractivity contribution in [3.05, 3.63) is 59.3 Å². The topological polar surface area (TPSA) is 72.3 Å². The van der Waals surface area contributed by atoms with Gasteiger partial charge in [0, 0.05) is 49.0 Å². The van der Waals surface area contributed by atoms with E-state index in [1.807, 2.05) is 11.0 Å². The van der Waals surface area contributed by atoms with Crippen molar-refractivity contribution < 1.29 is 13.6 Å². The van der Waals surface area contributed by atoms with Crippen LogP contribution in [0.3, 0.4) is 0 Å². The molecule has 1 aromatic heterocycles. The molecule has 0 spiro atoms. The Morgan fingerprint density at radius 1 is 1.27 bits per heavy atom. The highest BCUT2D eigenvalue weighted by atomic mass is 19.1. The maximum Gasteiger partial charge on any atom is 0.236 e. The summed E-state index contributed by atoms with van der Waals surface area (Å²) in [5.41, 5.74) is 0.860. The molecule has 3 atom stereocenters. The first-order valence-electron chi connectivity index (χ1n) is 10.1. The molecule has 156 valence electrons. The largest absolute Gasteiger partial charge is 0.347 e. The summed E-state index contributed by atoms with van der Waals surface area (Å²) in [6.45, 7) is 3.06. The quantitative estimate of drug-likeness (QED) is 0.819. The van der Waals surface area contributed by atoms with Crippen molar-refractivity contribution in [3.8, 4) is 6.07 Å². The zero-order valence-electron chi connectivity index (χ0n) is 16.7. The van der Waals surface area contributed by atoms with Gasteiger partial charge in [-0.3, -0.25) is 4.79 Å². The summed E-state index contributed by atoms with van der Waals surface area (Å²) < 4.78 is 27.0. The Morgan fingerprint density at radius 3 is 2.60 bits per heavy atom. The lowest BCUT2D eigenvalue weighted by Crippen LogP contribution is -2.57. The van der Waals surface area contributed by atoms with E-state index in [-0.39, 0.29) is 24.5 Å². The number of nitrogens with zero attached hydrogens (tertiary/aromatic N) is 4. The van der Waals surface area contributed by atoms with Crippen LogP contribution in [0.1, 0.15) is 36.9 Å². The van der Waals surface area contributed by atoms with Gasteiger partial charge in [-0.1, -0.05) is 6.07 Å². The van der Waals surface area contributed by atoms with E-state index in [4.69, 9.17) is 5.26 Å². The summed E-state index contributed by atoms with van der Waals surface area (Å²) in [7, 11) is 0. The van der Waals surface area contributed by atoms with Gasteiger partial charge in [-0.25, -0.2) is 13.8 Å². The van der Waals surface area contributed by atoms with Gasteiger partial charge in [0.1, 0.15) is 23.5 Å². The highest BCUT2D eigenvalue weighted by Gasteiger charge is 2.41. The smallest absolute Gasteiger partial charge is 0.236 e. The molecule has 30 heavy (non-hydrogen) atoms. The Bertz CT molecular complexity index is 960. The second-order valence-electron chi connectivity index (χ2n) is 7.88. The average Bonchev–Trinajstić information content (AvgIpc) is 3.00. The lowest BCUT2D eigenvalue weighted by atomic mass is 10.1. The fraction of sp³-hybridized carbons (Fsp3) is 0.409. The summed E-state index contributed by atoms with van der Waals surface area (Å²) in [5, 5.41) is 12.0. The number of nitriles is 1. The van der Waals surface area contributed by atoms with Crippen molar-refractivity contribution in [1.29, 1.82) is 5.26 Å². The predicted octanol–water partition coefficient (Wildman–Crippen LogP) is 2.76. The zero-order chi connectivity index (χ0) is 21.3. The van der Waals surface area contributed by atoms with Crippen molar-refractivity contribution in [2.24, 2.45) is 0 Å². The molecule has 2 aliphatic rings. The van der Waals surface area contributed by atoms with Gasteiger partial charge in [0.2, 0.25) is 5.91 Å². The average molecular weight is 411 g/mol. The van der Waals surface area contributed by atoms with E-state index in [0.717, 1.165) is 24.7 Å². The molecule has 1 aromatic carbocycles. The maximum atomic E-state index is 13.9. The van der Waals surface area contributed by atoms with Gasteiger partial charge in [0.15, 0.2) is 0 Å². The Labute approximate surface area is 174 Å². The number of carbonyl (C=O) groups excluding carboxylic acids is 1. The van der Waals surface area contributed by atoms with Crippen LogP contribution in [0, 0.1) is 23.0 Å². The van der Waals surface area contributed by atoms with Crippen LogP contribution in [-0.2, 0) is 4.79 Å².